The van der Waals surface area contributed by atoms with E-state index < -0.39 is 34.8 Å². The monoisotopic (exact) mass is 541 g/mol. The number of ether oxygens (including phenoxy) is 3. The van der Waals surface area contributed by atoms with Crippen LogP contribution in [0.1, 0.15) is 5.56 Å². The van der Waals surface area contributed by atoms with Crippen molar-refractivity contribution in [1.82, 2.24) is 19.9 Å². The van der Waals surface area contributed by atoms with Crippen molar-refractivity contribution in [2.75, 3.05) is 18.4 Å². The molecule has 0 bridgehead atoms. The third-order valence-corrected chi connectivity index (χ3v) is 5.68. The first kappa shape index (κ1) is 26.4. The Hall–Kier alpha value is -4.65. The number of hydrogen-bond acceptors (Lipinski definition) is 9. The van der Waals surface area contributed by atoms with E-state index in [-0.39, 0.29) is 28.9 Å². The molecule has 196 valence electrons. The van der Waals surface area contributed by atoms with Gasteiger partial charge in [0.25, 0.3) is 22.3 Å². The highest BCUT2D eigenvalue weighted by Crippen LogP contribution is 2.41. The van der Waals surface area contributed by atoms with Crippen LogP contribution in [0, 0.1) is 0 Å². The van der Waals surface area contributed by atoms with Crippen LogP contribution in [0.4, 0.5) is 14.6 Å². The Labute approximate surface area is 217 Å². The Morgan fingerprint density at radius 2 is 1.61 bits per heavy atom. The number of methoxy groups -OCH3 is 1. The van der Waals surface area contributed by atoms with E-state index in [9.17, 15) is 17.2 Å². The molecule has 0 amide bonds. The number of rotatable bonds is 11. The van der Waals surface area contributed by atoms with Gasteiger partial charge in [0.05, 0.1) is 12.5 Å². The molecule has 10 nitrogen and oxygen atoms in total. The maximum absolute atomic E-state index is 13.1. The molecule has 0 atom stereocenters. The highest BCUT2D eigenvalue weighted by atomic mass is 32.2. The maximum atomic E-state index is 13.1. The molecule has 2 aromatic heterocycles. The number of hydrogen-bond donors (Lipinski definition) is 1. The molecule has 0 aliphatic heterocycles. The Kier molecular flexibility index (Phi) is 8.38. The number of benzene rings is 2. The van der Waals surface area contributed by atoms with E-state index in [1.807, 2.05) is 0 Å². The second kappa shape index (κ2) is 12.1. The average Bonchev–Trinajstić information content (AvgIpc) is 2.93. The van der Waals surface area contributed by atoms with Crippen molar-refractivity contribution in [3.63, 3.8) is 0 Å². The molecule has 0 aliphatic carbocycles. The Balaban J connectivity index is 1.83. The fraction of sp³-hybridized carbons (Fsp3) is 0.120. The minimum Gasteiger partial charge on any atom is -0.493 e. The van der Waals surface area contributed by atoms with Crippen LogP contribution in [0.3, 0.4) is 0 Å². The maximum Gasteiger partial charge on any atom is 0.272 e. The number of halogens is 2. The lowest BCUT2D eigenvalue weighted by Gasteiger charge is -2.17. The molecule has 0 radical (unpaired) electrons. The Bertz CT molecular complexity index is 1510. The number of alkyl halides is 2. The molecular weight excluding hydrogens is 520 g/mol. The van der Waals surface area contributed by atoms with Gasteiger partial charge in [-0.15, -0.1) is 0 Å². The zero-order chi connectivity index (χ0) is 27.0. The van der Waals surface area contributed by atoms with E-state index in [0.29, 0.717) is 5.56 Å². The summed E-state index contributed by atoms with van der Waals surface area (Å²) in [6.07, 6.45) is 1.35. The highest BCUT2D eigenvalue weighted by Gasteiger charge is 2.25. The highest BCUT2D eigenvalue weighted by molar-refractivity contribution is 7.95. The number of aromatic nitrogens is 4. The molecule has 2 aromatic carbocycles. The van der Waals surface area contributed by atoms with Crippen molar-refractivity contribution >= 4 is 21.9 Å². The molecule has 4 aromatic rings. The molecule has 4 rings (SSSR count). The minimum absolute atomic E-state index is 0.00138. The van der Waals surface area contributed by atoms with Gasteiger partial charge in [-0.05, 0) is 29.8 Å². The first-order chi connectivity index (χ1) is 18.3. The zero-order valence-corrected chi connectivity index (χ0v) is 20.7. The molecule has 38 heavy (non-hydrogen) atoms. The van der Waals surface area contributed by atoms with Crippen molar-refractivity contribution in [3.05, 3.63) is 84.0 Å². The van der Waals surface area contributed by atoms with Gasteiger partial charge in [0.2, 0.25) is 11.6 Å². The molecule has 0 saturated carbocycles. The van der Waals surface area contributed by atoms with E-state index in [0.717, 1.165) is 5.41 Å². The van der Waals surface area contributed by atoms with Gasteiger partial charge in [0, 0.05) is 12.4 Å². The van der Waals surface area contributed by atoms with E-state index in [2.05, 4.69) is 24.7 Å². The molecule has 13 heteroatoms. The van der Waals surface area contributed by atoms with Crippen LogP contribution in [0.5, 0.6) is 23.1 Å². The summed E-state index contributed by atoms with van der Waals surface area (Å²) in [5.41, 5.74) is 0.630. The topological polar surface area (TPSA) is 125 Å². The molecule has 0 saturated heterocycles. The lowest BCUT2D eigenvalue weighted by Crippen LogP contribution is -2.15. The quantitative estimate of drug-likeness (QED) is 0.285. The summed E-state index contributed by atoms with van der Waals surface area (Å²) in [5, 5.41) is 0.926. The average molecular weight is 542 g/mol. The van der Waals surface area contributed by atoms with Gasteiger partial charge in [0.1, 0.15) is 0 Å². The van der Waals surface area contributed by atoms with Gasteiger partial charge in [-0.3, -0.25) is 4.72 Å². The smallest absolute Gasteiger partial charge is 0.272 e. The molecule has 2 heterocycles. The van der Waals surface area contributed by atoms with E-state index in [1.54, 1.807) is 54.6 Å². The van der Waals surface area contributed by atoms with Gasteiger partial charge in [-0.1, -0.05) is 42.5 Å². The standard InChI is InChI=1S/C25H21F2N5O5S/c1-35-18-10-5-6-11-19(18)37-21-22(32-38(33,34)15-12-17-8-3-2-4-9-17)30-24(23-28-13-7-14-29-23)31-25(21)36-16-20(26)27/h2-15,20H,16H2,1H3,(H,30,31,32)/b15-12+. The largest absolute Gasteiger partial charge is 0.493 e. The second-order valence-corrected chi connectivity index (χ2v) is 8.98. The lowest BCUT2D eigenvalue weighted by atomic mass is 10.2. The van der Waals surface area contributed by atoms with E-state index >= 15 is 0 Å². The normalized spacial score (nSPS) is 11.5. The van der Waals surface area contributed by atoms with Gasteiger partial charge in [-0.2, -0.15) is 4.98 Å². The van der Waals surface area contributed by atoms with Gasteiger partial charge in [-0.25, -0.2) is 32.2 Å². The SMILES string of the molecule is COc1ccccc1Oc1c(NS(=O)(=O)/C=C/c2ccccc2)nc(-c2ncccn2)nc1OCC(F)F. The van der Waals surface area contributed by atoms with Crippen molar-refractivity contribution < 1.29 is 31.4 Å². The van der Waals surface area contributed by atoms with Crippen molar-refractivity contribution in [2.24, 2.45) is 0 Å². The molecule has 0 aliphatic rings. The van der Waals surface area contributed by atoms with Crippen LogP contribution >= 0.6 is 0 Å². The van der Waals surface area contributed by atoms with Crippen LogP contribution in [0.25, 0.3) is 17.7 Å². The Morgan fingerprint density at radius 3 is 2.29 bits per heavy atom. The predicted molar refractivity (Wildman–Crippen MR) is 136 cm³/mol. The van der Waals surface area contributed by atoms with Crippen molar-refractivity contribution in [1.29, 1.82) is 0 Å². The summed E-state index contributed by atoms with van der Waals surface area (Å²) in [6, 6.07) is 16.7. The van der Waals surface area contributed by atoms with Crippen molar-refractivity contribution in [2.45, 2.75) is 6.43 Å². The molecule has 1 N–H and O–H groups in total. The number of para-hydroxylation sites is 2. The summed E-state index contributed by atoms with van der Waals surface area (Å²) >= 11 is 0. The van der Waals surface area contributed by atoms with E-state index in [1.165, 1.54) is 31.6 Å². The number of nitrogens with zero attached hydrogens (tertiary/aromatic N) is 4. The summed E-state index contributed by atoms with van der Waals surface area (Å²) in [7, 11) is -2.78. The number of nitrogens with one attached hydrogen (secondary N) is 1. The minimum atomic E-state index is -4.19. The first-order valence-electron chi connectivity index (χ1n) is 11.0. The summed E-state index contributed by atoms with van der Waals surface area (Å²) in [6.45, 7) is -1.05. The zero-order valence-electron chi connectivity index (χ0n) is 19.9. The molecular formula is C25H21F2N5O5S. The van der Waals surface area contributed by atoms with Crippen LogP contribution in [0.15, 0.2) is 78.5 Å². The fourth-order valence-electron chi connectivity index (χ4n) is 3.06. The van der Waals surface area contributed by atoms with E-state index in [4.69, 9.17) is 14.2 Å². The van der Waals surface area contributed by atoms with Gasteiger partial charge < -0.3 is 14.2 Å². The summed E-state index contributed by atoms with van der Waals surface area (Å²) < 4.78 is 70.8. The first-order valence-corrected chi connectivity index (χ1v) is 12.6. The predicted octanol–water partition coefficient (Wildman–Crippen LogP) is 4.79. The third-order valence-electron chi connectivity index (χ3n) is 4.71. The van der Waals surface area contributed by atoms with Crippen LogP contribution < -0.4 is 18.9 Å². The van der Waals surface area contributed by atoms with Gasteiger partial charge in [0.15, 0.2) is 29.7 Å². The fourth-order valence-corrected chi connectivity index (χ4v) is 3.87. The molecule has 0 unspecified atom stereocenters. The van der Waals surface area contributed by atoms with Crippen molar-refractivity contribution in [3.8, 4) is 34.8 Å². The van der Waals surface area contributed by atoms with Crippen LogP contribution in [-0.4, -0.2) is 48.5 Å². The Morgan fingerprint density at radius 1 is 0.921 bits per heavy atom. The third kappa shape index (κ3) is 6.97. The lowest BCUT2D eigenvalue weighted by molar-refractivity contribution is 0.0783. The summed E-state index contributed by atoms with van der Waals surface area (Å²) in [5.74, 6) is -1.00. The van der Waals surface area contributed by atoms with Crippen LogP contribution in [-0.2, 0) is 10.0 Å². The molecule has 0 spiro atoms. The number of sulfonamides is 1. The molecule has 0 fully saturated rings. The van der Waals surface area contributed by atoms with Gasteiger partial charge >= 0.3 is 0 Å². The van der Waals surface area contributed by atoms with Crippen LogP contribution in [0.2, 0.25) is 0 Å². The second-order valence-electron chi connectivity index (χ2n) is 7.42. The number of anilines is 1. The summed E-state index contributed by atoms with van der Waals surface area (Å²) in [4.78, 5) is 16.5.